The number of hydrogen-bond acceptors (Lipinski definition) is 1. The Morgan fingerprint density at radius 2 is 2.50 bits per heavy atom. The summed E-state index contributed by atoms with van der Waals surface area (Å²) < 4.78 is 0. The third kappa shape index (κ3) is 5.03. The third-order valence-corrected chi connectivity index (χ3v) is 0.474. The molecule has 43 valence electrons. The average molecular weight is 111 g/mol. The lowest BCUT2D eigenvalue weighted by atomic mass is 10.4. The highest BCUT2D eigenvalue weighted by atomic mass is 16.4. The molecule has 0 saturated heterocycles. The van der Waals surface area contributed by atoms with Gasteiger partial charge in [0.1, 0.15) is 6.42 Å². The number of rotatable bonds is 1. The van der Waals surface area contributed by atoms with E-state index in [0.717, 1.165) is 6.42 Å². The topological polar surface area (TPSA) is 37.3 Å². The zero-order chi connectivity index (χ0) is 6.41. The van der Waals surface area contributed by atoms with E-state index in [4.69, 9.17) is 5.11 Å². The number of carboxylic acid groups (broad SMARTS) is 1. The van der Waals surface area contributed by atoms with E-state index >= 15 is 0 Å². The van der Waals surface area contributed by atoms with E-state index < -0.39 is 5.97 Å². The molecule has 0 spiro atoms. The van der Waals surface area contributed by atoms with Crippen LogP contribution >= 0.6 is 0 Å². The summed E-state index contributed by atoms with van der Waals surface area (Å²) in [6.45, 7) is 1.86. The fraction of sp³-hybridized carbons (Fsp3) is 0.333. The van der Waals surface area contributed by atoms with Gasteiger partial charge in [0.2, 0.25) is 0 Å². The van der Waals surface area contributed by atoms with Gasteiger partial charge in [-0.25, -0.2) is 0 Å². The summed E-state index contributed by atoms with van der Waals surface area (Å²) in [6, 6.07) is 0. The molecule has 0 aliphatic heterocycles. The van der Waals surface area contributed by atoms with Gasteiger partial charge in [0.05, 0.1) is 0 Å². The first-order chi connectivity index (χ1) is 3.77. The minimum absolute atomic E-state index is 0.698. The van der Waals surface area contributed by atoms with Crippen LogP contribution in [0.15, 0.2) is 0 Å². The molecule has 0 aromatic carbocycles. The smallest absolute Gasteiger partial charge is 0.320 e. The fourth-order valence-corrected chi connectivity index (χ4v) is 0.215. The van der Waals surface area contributed by atoms with E-state index in [1.54, 1.807) is 0 Å². The summed E-state index contributed by atoms with van der Waals surface area (Å²) in [5.41, 5.74) is 0. The van der Waals surface area contributed by atoms with Crippen molar-refractivity contribution in [2.45, 2.75) is 13.3 Å². The Morgan fingerprint density at radius 1 is 1.88 bits per heavy atom. The Hall–Kier alpha value is -0.970. The highest BCUT2D eigenvalue weighted by Gasteiger charge is 1.87. The maximum atomic E-state index is 9.72. The van der Waals surface area contributed by atoms with Gasteiger partial charge >= 0.3 is 5.97 Å². The Kier molecular flexibility index (Phi) is 3.69. The first kappa shape index (κ1) is 7.03. The number of aliphatic carboxylic acids is 1. The van der Waals surface area contributed by atoms with Crippen LogP contribution in [0.5, 0.6) is 0 Å². The third-order valence-electron chi connectivity index (χ3n) is 0.474. The molecule has 2 nitrogen and oxygen atoms in total. The predicted molar refractivity (Wildman–Crippen MR) is 30.0 cm³/mol. The molecule has 0 amide bonds. The molecule has 0 aromatic rings. The van der Waals surface area contributed by atoms with Crippen molar-refractivity contribution in [1.29, 1.82) is 0 Å². The SMILES string of the molecule is CCC#C[CH]C(=O)O. The number of hydrogen-bond donors (Lipinski definition) is 1. The second-order valence-corrected chi connectivity index (χ2v) is 1.16. The molecule has 0 aliphatic carbocycles. The molecule has 2 heteroatoms. The molecular weight excluding hydrogens is 104 g/mol. The van der Waals surface area contributed by atoms with Crippen LogP contribution < -0.4 is 0 Å². The van der Waals surface area contributed by atoms with Crippen LogP contribution in [0, 0.1) is 18.3 Å². The average Bonchev–Trinajstić information content (AvgIpc) is 1.66. The van der Waals surface area contributed by atoms with Gasteiger partial charge in [0.25, 0.3) is 0 Å². The van der Waals surface area contributed by atoms with Crippen LogP contribution in [-0.4, -0.2) is 11.1 Å². The maximum absolute atomic E-state index is 9.72. The van der Waals surface area contributed by atoms with Gasteiger partial charge in [-0.3, -0.25) is 4.79 Å². The summed E-state index contributed by atoms with van der Waals surface area (Å²) in [5, 5.41) is 7.98. The number of carboxylic acids is 1. The summed E-state index contributed by atoms with van der Waals surface area (Å²) in [6.07, 6.45) is 1.63. The van der Waals surface area contributed by atoms with Gasteiger partial charge < -0.3 is 5.11 Å². The lowest BCUT2D eigenvalue weighted by Crippen LogP contribution is -1.91. The molecule has 0 aliphatic rings. The Labute approximate surface area is 48.5 Å². The lowest BCUT2D eigenvalue weighted by Gasteiger charge is -1.74. The van der Waals surface area contributed by atoms with Crippen molar-refractivity contribution in [3.05, 3.63) is 6.42 Å². The molecule has 0 unspecified atom stereocenters. The molecule has 1 N–H and O–H groups in total. The quantitative estimate of drug-likeness (QED) is 0.505. The van der Waals surface area contributed by atoms with Crippen LogP contribution in [0.4, 0.5) is 0 Å². The monoisotopic (exact) mass is 111 g/mol. The minimum Gasteiger partial charge on any atom is -0.480 e. The summed E-state index contributed by atoms with van der Waals surface area (Å²) in [7, 11) is 0. The molecule has 0 fully saturated rings. The van der Waals surface area contributed by atoms with E-state index in [2.05, 4.69) is 11.8 Å². The first-order valence-electron chi connectivity index (χ1n) is 2.32. The van der Waals surface area contributed by atoms with Gasteiger partial charge in [0.15, 0.2) is 0 Å². The number of carbonyl (C=O) groups is 1. The zero-order valence-corrected chi connectivity index (χ0v) is 4.64. The van der Waals surface area contributed by atoms with Crippen molar-refractivity contribution < 1.29 is 9.90 Å². The van der Waals surface area contributed by atoms with Crippen LogP contribution in [0.1, 0.15) is 13.3 Å². The van der Waals surface area contributed by atoms with Gasteiger partial charge in [0, 0.05) is 6.42 Å². The van der Waals surface area contributed by atoms with Crippen LogP contribution in [0.2, 0.25) is 0 Å². The minimum atomic E-state index is -0.981. The largest absolute Gasteiger partial charge is 0.480 e. The van der Waals surface area contributed by atoms with Gasteiger partial charge in [-0.05, 0) is 0 Å². The van der Waals surface area contributed by atoms with E-state index in [-0.39, 0.29) is 0 Å². The summed E-state index contributed by atoms with van der Waals surface area (Å²) >= 11 is 0. The molecule has 0 saturated carbocycles. The molecule has 1 radical (unpaired) electrons. The Morgan fingerprint density at radius 3 is 2.88 bits per heavy atom. The molecule has 0 atom stereocenters. The Balaban J connectivity index is 3.29. The predicted octanol–water partition coefficient (Wildman–Crippen LogP) is 0.689. The molecular formula is C6H7O2. The zero-order valence-electron chi connectivity index (χ0n) is 4.64. The van der Waals surface area contributed by atoms with E-state index in [1.807, 2.05) is 6.92 Å². The molecule has 0 aromatic heterocycles. The van der Waals surface area contributed by atoms with E-state index in [0.29, 0.717) is 6.42 Å². The van der Waals surface area contributed by atoms with Crippen LogP contribution in [0.25, 0.3) is 0 Å². The lowest BCUT2D eigenvalue weighted by molar-refractivity contribution is -0.132. The van der Waals surface area contributed by atoms with Crippen molar-refractivity contribution in [2.75, 3.05) is 0 Å². The fourth-order valence-electron chi connectivity index (χ4n) is 0.215. The van der Waals surface area contributed by atoms with E-state index in [1.165, 1.54) is 0 Å². The van der Waals surface area contributed by atoms with E-state index in [9.17, 15) is 4.79 Å². The highest BCUT2D eigenvalue weighted by Crippen LogP contribution is 1.72. The first-order valence-corrected chi connectivity index (χ1v) is 2.32. The van der Waals surface area contributed by atoms with Crippen molar-refractivity contribution in [3.8, 4) is 11.8 Å². The molecule has 8 heavy (non-hydrogen) atoms. The van der Waals surface area contributed by atoms with Gasteiger partial charge in [-0.15, -0.1) is 5.92 Å². The van der Waals surface area contributed by atoms with Gasteiger partial charge in [-0.1, -0.05) is 12.8 Å². The molecule has 0 heterocycles. The summed E-state index contributed by atoms with van der Waals surface area (Å²) in [4.78, 5) is 9.72. The Bertz CT molecular complexity index is 127. The van der Waals surface area contributed by atoms with Crippen LogP contribution in [-0.2, 0) is 4.79 Å². The standard InChI is InChI=1S/C6H7O2/c1-2-3-4-5-6(7)8/h5H,2H2,1H3,(H,7,8). The highest BCUT2D eigenvalue weighted by molar-refractivity contribution is 5.80. The van der Waals surface area contributed by atoms with Gasteiger partial charge in [-0.2, -0.15) is 0 Å². The van der Waals surface area contributed by atoms with Crippen molar-refractivity contribution >= 4 is 5.97 Å². The second-order valence-electron chi connectivity index (χ2n) is 1.16. The maximum Gasteiger partial charge on any atom is 0.320 e. The summed E-state index contributed by atoms with van der Waals surface area (Å²) in [5.74, 6) is 3.97. The van der Waals surface area contributed by atoms with Crippen molar-refractivity contribution in [1.82, 2.24) is 0 Å². The second kappa shape index (κ2) is 4.20. The van der Waals surface area contributed by atoms with Crippen LogP contribution in [0.3, 0.4) is 0 Å². The molecule has 0 rings (SSSR count). The van der Waals surface area contributed by atoms with Crippen molar-refractivity contribution in [2.24, 2.45) is 0 Å². The normalized spacial score (nSPS) is 7.12. The van der Waals surface area contributed by atoms with Crippen molar-refractivity contribution in [3.63, 3.8) is 0 Å². The molecule has 0 bridgehead atoms.